The van der Waals surface area contributed by atoms with Gasteiger partial charge in [-0.05, 0) is 13.3 Å². The van der Waals surface area contributed by atoms with Crippen LogP contribution in [0.4, 0.5) is 0 Å². The lowest BCUT2D eigenvalue weighted by Crippen LogP contribution is -3.00. The molecule has 1 atom stereocenters. The van der Waals surface area contributed by atoms with E-state index in [1.54, 1.807) is 0 Å². The maximum Gasteiger partial charge on any atom is 0.110 e. The summed E-state index contributed by atoms with van der Waals surface area (Å²) in [7, 11) is 2.41. The van der Waals surface area contributed by atoms with Crippen molar-refractivity contribution in [3.8, 4) is 0 Å². The lowest BCUT2D eigenvalue weighted by Gasteiger charge is -2.35. The summed E-state index contributed by atoms with van der Waals surface area (Å²) in [5.74, 6) is 0. The van der Waals surface area contributed by atoms with Crippen LogP contribution in [-0.2, 0) is 4.74 Å². The highest BCUT2D eigenvalue weighted by Gasteiger charge is 2.32. The van der Waals surface area contributed by atoms with Crippen LogP contribution in [0.15, 0.2) is 0 Å². The van der Waals surface area contributed by atoms with Crippen LogP contribution in [0.25, 0.3) is 0 Å². The van der Waals surface area contributed by atoms with Crippen molar-refractivity contribution in [1.82, 2.24) is 0 Å². The van der Waals surface area contributed by atoms with Gasteiger partial charge in [-0.1, -0.05) is 90.4 Å². The predicted molar refractivity (Wildman–Crippen MR) is 116 cm³/mol. The van der Waals surface area contributed by atoms with Crippen LogP contribution < -0.4 is 17.0 Å². The monoisotopic (exact) mass is 447 g/mol. The molecule has 27 heavy (non-hydrogen) atoms. The molecular weight excluding hydrogens is 398 g/mol. The van der Waals surface area contributed by atoms with E-state index in [1.807, 2.05) is 0 Å². The largest absolute Gasteiger partial charge is 1.00 e. The van der Waals surface area contributed by atoms with Crippen molar-refractivity contribution in [2.75, 3.05) is 33.4 Å². The molecule has 1 aliphatic heterocycles. The Morgan fingerprint density at radius 1 is 0.704 bits per heavy atom. The number of halogens is 1. The molecule has 0 aromatic heterocycles. The maximum absolute atomic E-state index is 5.96. The summed E-state index contributed by atoms with van der Waals surface area (Å²) < 4.78 is 7.20. The normalized spacial score (nSPS) is 17.0. The molecule has 0 bridgehead atoms. The lowest BCUT2D eigenvalue weighted by atomic mass is 10.0. The molecule has 1 unspecified atom stereocenters. The summed E-state index contributed by atoms with van der Waals surface area (Å²) in [6, 6.07) is 0.671. The van der Waals surface area contributed by atoms with Gasteiger partial charge >= 0.3 is 0 Å². The number of likely N-dealkylation sites (tertiary alicyclic amines) is 1. The molecule has 0 amide bonds. The van der Waals surface area contributed by atoms with Crippen LogP contribution >= 0.6 is 0 Å². The van der Waals surface area contributed by atoms with E-state index >= 15 is 0 Å². The van der Waals surface area contributed by atoms with E-state index in [4.69, 9.17) is 4.74 Å². The zero-order chi connectivity index (χ0) is 18.9. The Bertz CT molecular complexity index is 305. The van der Waals surface area contributed by atoms with Gasteiger partial charge in [-0.15, -0.1) is 0 Å². The molecule has 0 aromatic carbocycles. The van der Waals surface area contributed by atoms with E-state index in [0.29, 0.717) is 6.04 Å². The predicted octanol–water partition coefficient (Wildman–Crippen LogP) is 4.12. The van der Waals surface area contributed by atoms with Gasteiger partial charge in [0.1, 0.15) is 6.04 Å². The zero-order valence-electron chi connectivity index (χ0n) is 19.0. The minimum absolute atomic E-state index is 0. The molecule has 164 valence electrons. The first-order chi connectivity index (χ1) is 12.7. The Kier molecular flexibility index (Phi) is 18.7. The highest BCUT2D eigenvalue weighted by atomic mass is 79.9. The molecule has 1 saturated heterocycles. The molecule has 0 aromatic rings. The quantitative estimate of drug-likeness (QED) is 0.226. The minimum atomic E-state index is 0. The van der Waals surface area contributed by atoms with E-state index in [0.717, 1.165) is 13.2 Å². The van der Waals surface area contributed by atoms with Gasteiger partial charge in [-0.3, -0.25) is 0 Å². The topological polar surface area (TPSA) is 9.23 Å². The Morgan fingerprint density at radius 3 is 1.56 bits per heavy atom. The summed E-state index contributed by atoms with van der Waals surface area (Å²) in [4.78, 5) is 0. The summed E-state index contributed by atoms with van der Waals surface area (Å²) >= 11 is 0. The summed E-state index contributed by atoms with van der Waals surface area (Å²) in [6.45, 7) is 9.30. The van der Waals surface area contributed by atoms with Crippen LogP contribution in [0.5, 0.6) is 0 Å². The smallest absolute Gasteiger partial charge is 0.110 e. The van der Waals surface area contributed by atoms with Gasteiger partial charge in [0.15, 0.2) is 0 Å². The number of likely N-dealkylation sites (N-methyl/N-ethyl adjacent to an activating group) is 1. The molecular formula is C24H50BrNO. The Labute approximate surface area is 182 Å². The zero-order valence-corrected chi connectivity index (χ0v) is 20.5. The number of hydrogen-bond donors (Lipinski definition) is 0. The van der Waals surface area contributed by atoms with E-state index in [1.165, 1.54) is 120 Å². The highest BCUT2D eigenvalue weighted by molar-refractivity contribution is 4.58. The van der Waals surface area contributed by atoms with Gasteiger partial charge in [-0.25, -0.2) is 0 Å². The number of hydrogen-bond acceptors (Lipinski definition) is 1. The molecule has 0 aliphatic carbocycles. The van der Waals surface area contributed by atoms with Crippen LogP contribution in [0, 0.1) is 0 Å². The number of quaternary nitrogens is 1. The average molecular weight is 449 g/mol. The third-order valence-corrected chi connectivity index (χ3v) is 6.65. The fourth-order valence-electron chi connectivity index (χ4n) is 4.33. The van der Waals surface area contributed by atoms with Crippen LogP contribution in [0.2, 0.25) is 0 Å². The first-order valence-corrected chi connectivity index (χ1v) is 12.1. The molecule has 1 rings (SSSR count). The Balaban J connectivity index is 0.00000676. The second kappa shape index (κ2) is 18.4. The molecule has 1 heterocycles. The summed E-state index contributed by atoms with van der Waals surface area (Å²) in [5, 5.41) is 0. The van der Waals surface area contributed by atoms with Gasteiger partial charge in [0.25, 0.3) is 0 Å². The van der Waals surface area contributed by atoms with Crippen molar-refractivity contribution in [3.05, 3.63) is 0 Å². The van der Waals surface area contributed by atoms with Crippen molar-refractivity contribution in [2.45, 2.75) is 123 Å². The SMILES string of the molecule is CCCCCCCCCCCCCCCCOCC(C)[N+]1(C)CCCC1.[Br-]. The average Bonchev–Trinajstić information content (AvgIpc) is 3.09. The number of nitrogens with zero attached hydrogens (tertiary/aromatic N) is 1. The lowest BCUT2D eigenvalue weighted by molar-refractivity contribution is -0.920. The second-order valence-electron chi connectivity index (χ2n) is 9.15. The third kappa shape index (κ3) is 14.1. The first-order valence-electron chi connectivity index (χ1n) is 12.1. The Hall–Kier alpha value is 0.400. The van der Waals surface area contributed by atoms with Crippen LogP contribution in [0.3, 0.4) is 0 Å². The maximum atomic E-state index is 5.96. The summed E-state index contributed by atoms with van der Waals surface area (Å²) in [6.07, 6.45) is 22.8. The molecule has 0 spiro atoms. The van der Waals surface area contributed by atoms with Crippen LogP contribution in [0.1, 0.15) is 117 Å². The Morgan fingerprint density at radius 2 is 1.11 bits per heavy atom. The first kappa shape index (κ1) is 27.4. The van der Waals surface area contributed by atoms with E-state index in [9.17, 15) is 0 Å². The van der Waals surface area contributed by atoms with Crippen LogP contribution in [-0.4, -0.2) is 43.9 Å². The third-order valence-electron chi connectivity index (χ3n) is 6.65. The van der Waals surface area contributed by atoms with E-state index < -0.39 is 0 Å². The molecule has 3 heteroatoms. The van der Waals surface area contributed by atoms with Gasteiger partial charge in [-0.2, -0.15) is 0 Å². The number of rotatable bonds is 18. The van der Waals surface area contributed by atoms with Gasteiger partial charge in [0, 0.05) is 19.4 Å². The standard InChI is InChI=1S/C24H50NO.BrH/c1-4-5-6-7-8-9-10-11-12-13-14-15-16-19-22-26-23-24(2)25(3)20-17-18-21-25;/h24H,4-23H2,1-3H3;1H/q+1;/p-1. The fourth-order valence-corrected chi connectivity index (χ4v) is 4.33. The molecule has 0 N–H and O–H groups in total. The van der Waals surface area contributed by atoms with Crippen molar-refractivity contribution >= 4 is 0 Å². The van der Waals surface area contributed by atoms with Crippen molar-refractivity contribution < 1.29 is 26.2 Å². The van der Waals surface area contributed by atoms with E-state index in [-0.39, 0.29) is 17.0 Å². The van der Waals surface area contributed by atoms with Crippen molar-refractivity contribution in [2.24, 2.45) is 0 Å². The second-order valence-corrected chi connectivity index (χ2v) is 9.15. The minimum Gasteiger partial charge on any atom is -1.00 e. The van der Waals surface area contributed by atoms with Crippen molar-refractivity contribution in [3.63, 3.8) is 0 Å². The highest BCUT2D eigenvalue weighted by Crippen LogP contribution is 2.21. The number of ether oxygens (including phenoxy) is 1. The molecule has 0 radical (unpaired) electrons. The molecule has 1 aliphatic rings. The molecule has 0 saturated carbocycles. The van der Waals surface area contributed by atoms with Gasteiger partial charge in [0.05, 0.1) is 26.7 Å². The molecule has 2 nitrogen and oxygen atoms in total. The summed E-state index contributed by atoms with van der Waals surface area (Å²) in [5.41, 5.74) is 0. The van der Waals surface area contributed by atoms with Gasteiger partial charge < -0.3 is 26.2 Å². The number of unbranched alkanes of at least 4 members (excludes halogenated alkanes) is 13. The van der Waals surface area contributed by atoms with E-state index in [2.05, 4.69) is 20.9 Å². The van der Waals surface area contributed by atoms with Gasteiger partial charge in [0.2, 0.25) is 0 Å². The molecule has 1 fully saturated rings. The van der Waals surface area contributed by atoms with Crippen molar-refractivity contribution in [1.29, 1.82) is 0 Å². The fraction of sp³-hybridized carbons (Fsp3) is 1.00.